The van der Waals surface area contributed by atoms with Crippen LogP contribution < -0.4 is 9.47 Å². The Balaban J connectivity index is 1.40. The van der Waals surface area contributed by atoms with Crippen molar-refractivity contribution in [3.8, 4) is 28.4 Å². The van der Waals surface area contributed by atoms with Gasteiger partial charge in [-0.25, -0.2) is 9.18 Å². The summed E-state index contributed by atoms with van der Waals surface area (Å²) < 4.78 is 25.5. The minimum Gasteiger partial charge on any atom is -0.507 e. The molecule has 208 valence electrons. The molecule has 0 saturated heterocycles. The maximum absolute atomic E-state index is 13.3. The van der Waals surface area contributed by atoms with E-state index < -0.39 is 5.97 Å². The number of halogens is 1. The van der Waals surface area contributed by atoms with Gasteiger partial charge in [-0.05, 0) is 77.9 Å². The Morgan fingerprint density at radius 1 is 0.800 bits per heavy atom. The third kappa shape index (κ3) is 6.81. The van der Waals surface area contributed by atoms with E-state index in [1.165, 1.54) is 12.1 Å². The largest absolute Gasteiger partial charge is 0.507 e. The van der Waals surface area contributed by atoms with Crippen LogP contribution in [0.25, 0.3) is 11.1 Å². The summed E-state index contributed by atoms with van der Waals surface area (Å²) in [5.41, 5.74) is 5.35. The average molecular weight is 543 g/mol. The minimum atomic E-state index is -0.926. The first-order chi connectivity index (χ1) is 19.4. The van der Waals surface area contributed by atoms with Crippen molar-refractivity contribution in [3.05, 3.63) is 112 Å². The molecule has 0 fully saturated rings. The van der Waals surface area contributed by atoms with E-state index in [4.69, 9.17) is 9.47 Å². The van der Waals surface area contributed by atoms with Crippen LogP contribution in [-0.2, 0) is 19.3 Å². The fourth-order valence-corrected chi connectivity index (χ4v) is 4.91. The number of phenols is 1. The number of hydrogen-bond acceptors (Lipinski definition) is 4. The average Bonchev–Trinajstić information content (AvgIpc) is 2.95. The number of carboxylic acids is 1. The van der Waals surface area contributed by atoms with E-state index in [-0.39, 0.29) is 11.6 Å². The van der Waals surface area contributed by atoms with Crippen molar-refractivity contribution in [1.82, 2.24) is 0 Å². The van der Waals surface area contributed by atoms with Gasteiger partial charge in [-0.15, -0.1) is 0 Å². The number of phenolic OH excluding ortho intramolecular Hbond substituents is 1. The molecule has 0 aliphatic heterocycles. The zero-order valence-electron chi connectivity index (χ0n) is 23.0. The lowest BCUT2D eigenvalue weighted by atomic mass is 9.94. The lowest BCUT2D eigenvalue weighted by Crippen LogP contribution is -2.09. The molecule has 0 aliphatic rings. The van der Waals surface area contributed by atoms with Crippen molar-refractivity contribution in [2.75, 3.05) is 13.2 Å². The molecule has 2 N–H and O–H groups in total. The zero-order valence-corrected chi connectivity index (χ0v) is 23.0. The van der Waals surface area contributed by atoms with Crippen LogP contribution in [0.5, 0.6) is 17.2 Å². The van der Waals surface area contributed by atoms with Gasteiger partial charge in [0.05, 0.1) is 18.8 Å². The standard InChI is InChI=1S/C34H35FO5/c1-3-9-28-24(22-25-10-5-6-12-30(25)34(37)38)11-7-13-31(28)39-20-8-21-40-32-19-18-29(33(36)27(32)4-2)23-14-16-26(35)17-15-23/h5-7,10-19,36H,3-4,8-9,20-22H2,1-2H3,(H,37,38). The smallest absolute Gasteiger partial charge is 0.335 e. The lowest BCUT2D eigenvalue weighted by Gasteiger charge is -2.17. The Bertz CT molecular complexity index is 1450. The van der Waals surface area contributed by atoms with Gasteiger partial charge in [-0.1, -0.05) is 62.7 Å². The predicted molar refractivity (Wildman–Crippen MR) is 155 cm³/mol. The van der Waals surface area contributed by atoms with E-state index in [9.17, 15) is 19.4 Å². The van der Waals surface area contributed by atoms with Crippen LogP contribution >= 0.6 is 0 Å². The molecule has 0 bridgehead atoms. The molecule has 5 nitrogen and oxygen atoms in total. The van der Waals surface area contributed by atoms with Crippen LogP contribution in [0.3, 0.4) is 0 Å². The predicted octanol–water partition coefficient (Wildman–Crippen LogP) is 7.85. The third-order valence-electron chi connectivity index (χ3n) is 6.91. The van der Waals surface area contributed by atoms with Crippen LogP contribution in [0.4, 0.5) is 4.39 Å². The molecule has 0 aliphatic carbocycles. The number of aromatic hydroxyl groups is 1. The van der Waals surface area contributed by atoms with Crippen molar-refractivity contribution in [1.29, 1.82) is 0 Å². The molecule has 0 heterocycles. The molecule has 4 aromatic carbocycles. The van der Waals surface area contributed by atoms with Crippen molar-refractivity contribution in [2.24, 2.45) is 0 Å². The van der Waals surface area contributed by atoms with Gasteiger partial charge in [0, 0.05) is 17.5 Å². The normalized spacial score (nSPS) is 10.9. The first kappa shape index (κ1) is 28.7. The molecule has 0 atom stereocenters. The monoisotopic (exact) mass is 542 g/mol. The Morgan fingerprint density at radius 2 is 1.48 bits per heavy atom. The molecular weight excluding hydrogens is 507 g/mol. The van der Waals surface area contributed by atoms with Crippen molar-refractivity contribution in [3.63, 3.8) is 0 Å². The van der Waals surface area contributed by atoms with Crippen LogP contribution in [0.2, 0.25) is 0 Å². The summed E-state index contributed by atoms with van der Waals surface area (Å²) in [6.45, 7) is 4.93. The number of ether oxygens (including phenoxy) is 2. The summed E-state index contributed by atoms with van der Waals surface area (Å²) in [6, 6.07) is 22.7. The quantitative estimate of drug-likeness (QED) is 0.168. The highest BCUT2D eigenvalue weighted by Crippen LogP contribution is 2.38. The summed E-state index contributed by atoms with van der Waals surface area (Å²) >= 11 is 0. The second-order valence-corrected chi connectivity index (χ2v) is 9.63. The van der Waals surface area contributed by atoms with Crippen molar-refractivity contribution in [2.45, 2.75) is 46.0 Å². The lowest BCUT2D eigenvalue weighted by molar-refractivity contribution is 0.0696. The van der Waals surface area contributed by atoms with E-state index in [1.807, 2.05) is 43.3 Å². The van der Waals surface area contributed by atoms with Crippen LogP contribution in [0.15, 0.2) is 78.9 Å². The topological polar surface area (TPSA) is 76.0 Å². The summed E-state index contributed by atoms with van der Waals surface area (Å²) in [7, 11) is 0. The molecule has 0 radical (unpaired) electrons. The van der Waals surface area contributed by atoms with E-state index in [0.29, 0.717) is 54.9 Å². The van der Waals surface area contributed by atoms with Crippen LogP contribution in [0.1, 0.15) is 59.3 Å². The molecule has 0 saturated carbocycles. The van der Waals surface area contributed by atoms with E-state index in [1.54, 1.807) is 30.3 Å². The van der Waals surface area contributed by atoms with Gasteiger partial charge in [0.15, 0.2) is 0 Å². The fraction of sp³-hybridized carbons (Fsp3) is 0.265. The molecular formula is C34H35FO5. The van der Waals surface area contributed by atoms with Crippen LogP contribution in [-0.4, -0.2) is 29.4 Å². The van der Waals surface area contributed by atoms with Gasteiger partial charge in [0.1, 0.15) is 23.1 Å². The first-order valence-electron chi connectivity index (χ1n) is 13.7. The SMILES string of the molecule is CCCc1c(Cc2ccccc2C(=O)O)cccc1OCCCOc1ccc(-c2ccc(F)cc2)c(O)c1CC. The second-order valence-electron chi connectivity index (χ2n) is 9.63. The van der Waals surface area contributed by atoms with Crippen molar-refractivity contribution >= 4 is 5.97 Å². The van der Waals surface area contributed by atoms with Gasteiger partial charge in [-0.3, -0.25) is 0 Å². The van der Waals surface area contributed by atoms with Crippen molar-refractivity contribution < 1.29 is 28.9 Å². The molecule has 0 spiro atoms. The highest BCUT2D eigenvalue weighted by molar-refractivity contribution is 5.89. The van der Waals surface area contributed by atoms with E-state index >= 15 is 0 Å². The Morgan fingerprint density at radius 3 is 2.15 bits per heavy atom. The van der Waals surface area contributed by atoms with Gasteiger partial charge in [0.2, 0.25) is 0 Å². The minimum absolute atomic E-state index is 0.147. The van der Waals surface area contributed by atoms with E-state index in [2.05, 4.69) is 6.92 Å². The summed E-state index contributed by atoms with van der Waals surface area (Å²) in [6.07, 6.45) is 3.52. The maximum atomic E-state index is 13.3. The molecule has 40 heavy (non-hydrogen) atoms. The molecule has 6 heteroatoms. The Hall–Kier alpha value is -4.32. The number of hydrogen-bond donors (Lipinski definition) is 2. The molecule has 0 unspecified atom stereocenters. The number of rotatable bonds is 13. The number of benzene rings is 4. The Labute approximate surface area is 234 Å². The summed E-state index contributed by atoms with van der Waals surface area (Å²) in [5, 5.41) is 20.5. The molecule has 4 aromatic rings. The molecule has 0 amide bonds. The van der Waals surface area contributed by atoms with Gasteiger partial charge >= 0.3 is 5.97 Å². The number of aromatic carboxylic acids is 1. The van der Waals surface area contributed by atoms with Crippen LogP contribution in [0, 0.1) is 5.82 Å². The zero-order chi connectivity index (χ0) is 28.5. The van der Waals surface area contributed by atoms with Gasteiger partial charge in [0.25, 0.3) is 0 Å². The highest BCUT2D eigenvalue weighted by atomic mass is 19.1. The molecule has 4 rings (SSSR count). The second kappa shape index (κ2) is 13.7. The molecule has 0 aromatic heterocycles. The number of carboxylic acid groups (broad SMARTS) is 1. The van der Waals surface area contributed by atoms with E-state index in [0.717, 1.165) is 40.8 Å². The Kier molecular flexibility index (Phi) is 9.79. The first-order valence-corrected chi connectivity index (χ1v) is 13.7. The fourth-order valence-electron chi connectivity index (χ4n) is 4.91. The highest BCUT2D eigenvalue weighted by Gasteiger charge is 2.16. The maximum Gasteiger partial charge on any atom is 0.335 e. The van der Waals surface area contributed by atoms with Gasteiger partial charge < -0.3 is 19.7 Å². The van der Waals surface area contributed by atoms with Gasteiger partial charge in [-0.2, -0.15) is 0 Å². The number of carbonyl (C=O) groups is 1. The third-order valence-corrected chi connectivity index (χ3v) is 6.91. The summed E-state index contributed by atoms with van der Waals surface area (Å²) in [5.74, 6) is 0.329. The summed E-state index contributed by atoms with van der Waals surface area (Å²) in [4.78, 5) is 11.7.